The molecule has 2 rings (SSSR count). The molecule has 17 heavy (non-hydrogen) atoms. The summed E-state index contributed by atoms with van der Waals surface area (Å²) in [5, 5.41) is 3.14. The first-order chi connectivity index (χ1) is 7.88. The van der Waals surface area contributed by atoms with Crippen LogP contribution >= 0.6 is 0 Å². The molecular weight excluding hydrogens is 246 g/mol. The van der Waals surface area contributed by atoms with E-state index in [0.717, 1.165) is 0 Å². The van der Waals surface area contributed by atoms with Crippen LogP contribution in [0, 0.1) is 5.82 Å². The maximum absolute atomic E-state index is 12.9. The lowest BCUT2D eigenvalue weighted by Gasteiger charge is -2.07. The third-order valence-corrected chi connectivity index (χ3v) is 1.84. The fourth-order valence-corrected chi connectivity index (χ4v) is 1.13. The Labute approximate surface area is 90.1 Å². The van der Waals surface area contributed by atoms with Gasteiger partial charge in [0.15, 0.2) is 5.82 Å². The summed E-state index contributed by atoms with van der Waals surface area (Å²) in [7, 11) is 0. The second kappa shape index (κ2) is 3.68. The van der Waals surface area contributed by atoms with Crippen molar-refractivity contribution >= 4 is 0 Å². The van der Waals surface area contributed by atoms with Crippen molar-refractivity contribution < 1.29 is 22.1 Å². The van der Waals surface area contributed by atoms with Crippen LogP contribution in [0.4, 0.5) is 17.6 Å². The molecule has 0 aliphatic rings. The lowest BCUT2D eigenvalue weighted by atomic mass is 10.2. The van der Waals surface area contributed by atoms with Crippen molar-refractivity contribution in [3.8, 4) is 11.5 Å². The Morgan fingerprint density at radius 3 is 2.59 bits per heavy atom. The van der Waals surface area contributed by atoms with E-state index >= 15 is 0 Å². The lowest BCUT2D eigenvalue weighted by Crippen LogP contribution is -2.09. The first-order valence-electron chi connectivity index (χ1n) is 4.17. The highest BCUT2D eigenvalue weighted by atomic mass is 19.4. The van der Waals surface area contributed by atoms with Crippen LogP contribution < -0.4 is 5.76 Å². The van der Waals surface area contributed by atoms with Gasteiger partial charge in [0, 0.05) is 0 Å². The van der Waals surface area contributed by atoms with Gasteiger partial charge in [-0.3, -0.25) is 9.51 Å². The standard InChI is InChI=1S/C8H3F4N3O2/c9-4-2-13-5(1-3(4)8(10,11)12)6-14-7(16)17-15-6/h1-2H,(H,14,15,16). The predicted octanol–water partition coefficient (Wildman–Crippen LogP) is 1.58. The van der Waals surface area contributed by atoms with Crippen molar-refractivity contribution in [1.29, 1.82) is 0 Å². The summed E-state index contributed by atoms with van der Waals surface area (Å²) in [4.78, 5) is 16.0. The van der Waals surface area contributed by atoms with E-state index in [2.05, 4.69) is 14.7 Å². The Balaban J connectivity index is 2.55. The number of nitrogens with one attached hydrogen (secondary N) is 1. The minimum absolute atomic E-state index is 0.305. The molecule has 5 nitrogen and oxygen atoms in total. The Hall–Kier alpha value is -2.19. The van der Waals surface area contributed by atoms with E-state index < -0.39 is 23.3 Å². The third-order valence-electron chi connectivity index (χ3n) is 1.84. The monoisotopic (exact) mass is 249 g/mol. The van der Waals surface area contributed by atoms with Gasteiger partial charge in [-0.05, 0) is 6.07 Å². The summed E-state index contributed by atoms with van der Waals surface area (Å²) in [6, 6.07) is 0.434. The number of pyridine rings is 1. The Kier molecular flexibility index (Phi) is 2.45. The van der Waals surface area contributed by atoms with Crippen LogP contribution in [-0.4, -0.2) is 15.1 Å². The molecule has 2 aromatic heterocycles. The second-order valence-corrected chi connectivity index (χ2v) is 2.99. The van der Waals surface area contributed by atoms with Crippen LogP contribution in [0.1, 0.15) is 5.56 Å². The number of rotatable bonds is 1. The van der Waals surface area contributed by atoms with Crippen LogP contribution in [0.15, 0.2) is 21.6 Å². The van der Waals surface area contributed by atoms with Crippen LogP contribution in [0.2, 0.25) is 0 Å². The molecular formula is C8H3F4N3O2. The summed E-state index contributed by atoms with van der Waals surface area (Å²) in [6.45, 7) is 0. The average molecular weight is 249 g/mol. The molecule has 0 aliphatic carbocycles. The minimum Gasteiger partial charge on any atom is -0.296 e. The van der Waals surface area contributed by atoms with E-state index in [1.165, 1.54) is 0 Å². The zero-order valence-electron chi connectivity index (χ0n) is 7.88. The molecule has 2 aromatic rings. The molecule has 1 N–H and O–H groups in total. The van der Waals surface area contributed by atoms with E-state index in [9.17, 15) is 22.4 Å². The number of halogens is 4. The Bertz CT molecular complexity index is 601. The molecule has 90 valence electrons. The fourth-order valence-electron chi connectivity index (χ4n) is 1.13. The highest BCUT2D eigenvalue weighted by Crippen LogP contribution is 2.32. The fraction of sp³-hybridized carbons (Fsp3) is 0.125. The number of hydrogen-bond acceptors (Lipinski definition) is 4. The number of nitrogens with zero attached hydrogens (tertiary/aromatic N) is 2. The van der Waals surface area contributed by atoms with E-state index in [1.807, 2.05) is 4.98 Å². The Morgan fingerprint density at radius 1 is 1.35 bits per heavy atom. The van der Waals surface area contributed by atoms with Crippen molar-refractivity contribution in [3.05, 3.63) is 34.2 Å². The minimum atomic E-state index is -4.86. The van der Waals surface area contributed by atoms with Gasteiger partial charge in [-0.1, -0.05) is 5.16 Å². The summed E-state index contributed by atoms with van der Waals surface area (Å²) in [5.41, 5.74) is -1.84. The average Bonchev–Trinajstić information content (AvgIpc) is 2.64. The molecule has 0 aromatic carbocycles. The lowest BCUT2D eigenvalue weighted by molar-refractivity contribution is -0.140. The highest BCUT2D eigenvalue weighted by Gasteiger charge is 2.35. The van der Waals surface area contributed by atoms with Crippen molar-refractivity contribution in [1.82, 2.24) is 15.1 Å². The molecule has 0 fully saturated rings. The predicted molar refractivity (Wildman–Crippen MR) is 45.3 cm³/mol. The van der Waals surface area contributed by atoms with E-state index in [1.54, 1.807) is 0 Å². The van der Waals surface area contributed by atoms with Gasteiger partial charge in [-0.25, -0.2) is 14.2 Å². The maximum atomic E-state index is 12.9. The van der Waals surface area contributed by atoms with Crippen LogP contribution in [0.5, 0.6) is 0 Å². The van der Waals surface area contributed by atoms with Gasteiger partial charge in [0.05, 0.1) is 11.8 Å². The molecule has 0 atom stereocenters. The van der Waals surface area contributed by atoms with E-state index in [0.29, 0.717) is 12.3 Å². The van der Waals surface area contributed by atoms with Crippen molar-refractivity contribution in [2.75, 3.05) is 0 Å². The van der Waals surface area contributed by atoms with E-state index in [4.69, 9.17) is 0 Å². The van der Waals surface area contributed by atoms with Crippen molar-refractivity contribution in [2.24, 2.45) is 0 Å². The second-order valence-electron chi connectivity index (χ2n) is 2.99. The SMILES string of the molecule is O=c1[nH]c(-c2cc(C(F)(F)F)c(F)cn2)no1. The topological polar surface area (TPSA) is 71.8 Å². The summed E-state index contributed by atoms with van der Waals surface area (Å²) >= 11 is 0. The zero-order chi connectivity index (χ0) is 12.6. The molecule has 2 heterocycles. The van der Waals surface area contributed by atoms with Gasteiger partial charge in [-0.2, -0.15) is 13.2 Å². The molecule has 0 saturated carbocycles. The first kappa shape index (κ1) is 11.3. The van der Waals surface area contributed by atoms with Crippen LogP contribution in [0.25, 0.3) is 11.5 Å². The smallest absolute Gasteiger partial charge is 0.296 e. The molecule has 0 amide bonds. The molecule has 0 aliphatic heterocycles. The normalized spacial score (nSPS) is 11.8. The third kappa shape index (κ3) is 2.17. The van der Waals surface area contributed by atoms with Gasteiger partial charge >= 0.3 is 11.9 Å². The molecule has 0 unspecified atom stereocenters. The van der Waals surface area contributed by atoms with Crippen LogP contribution in [-0.2, 0) is 6.18 Å². The quantitative estimate of drug-likeness (QED) is 0.779. The van der Waals surface area contributed by atoms with Crippen molar-refractivity contribution in [2.45, 2.75) is 6.18 Å². The molecule has 0 bridgehead atoms. The summed E-state index contributed by atoms with van der Waals surface area (Å²) in [5.74, 6) is -2.76. The number of H-pyrrole nitrogens is 1. The zero-order valence-corrected chi connectivity index (χ0v) is 7.88. The van der Waals surface area contributed by atoms with Gasteiger partial charge in [-0.15, -0.1) is 0 Å². The molecule has 9 heteroatoms. The van der Waals surface area contributed by atoms with Crippen molar-refractivity contribution in [3.63, 3.8) is 0 Å². The summed E-state index contributed by atoms with van der Waals surface area (Å²) in [6.07, 6.45) is -4.46. The van der Waals surface area contributed by atoms with E-state index in [-0.39, 0.29) is 11.5 Å². The summed E-state index contributed by atoms with van der Waals surface area (Å²) < 4.78 is 54.1. The highest BCUT2D eigenvalue weighted by molar-refractivity contribution is 5.49. The van der Waals surface area contributed by atoms with Crippen LogP contribution in [0.3, 0.4) is 0 Å². The number of aromatic amines is 1. The first-order valence-corrected chi connectivity index (χ1v) is 4.17. The number of alkyl halides is 3. The molecule has 0 radical (unpaired) electrons. The number of aromatic nitrogens is 3. The van der Waals surface area contributed by atoms with Gasteiger partial charge < -0.3 is 0 Å². The number of hydrogen-bond donors (Lipinski definition) is 1. The van der Waals surface area contributed by atoms with Gasteiger partial charge in [0.1, 0.15) is 5.69 Å². The van der Waals surface area contributed by atoms with Gasteiger partial charge in [0.2, 0.25) is 5.82 Å². The van der Waals surface area contributed by atoms with Gasteiger partial charge in [0.25, 0.3) is 0 Å². The Morgan fingerprint density at radius 2 is 2.06 bits per heavy atom. The maximum Gasteiger partial charge on any atom is 0.439 e. The molecule has 0 spiro atoms. The molecule has 0 saturated heterocycles. The largest absolute Gasteiger partial charge is 0.439 e.